The Morgan fingerprint density at radius 1 is 0.403 bits per heavy atom. The Hall–Kier alpha value is -15.1. The van der Waals surface area contributed by atoms with Gasteiger partial charge in [0, 0.05) is 70.1 Å². The molecule has 3 aliphatic rings. The Balaban J connectivity index is 0.000000130. The summed E-state index contributed by atoms with van der Waals surface area (Å²) in [5.41, 5.74) is 25.5. The smallest absolute Gasteiger partial charge is 0.451 e. The number of anilines is 9. The molecule has 0 bridgehead atoms. The Kier molecular flexibility index (Phi) is 29.8. The summed E-state index contributed by atoms with van der Waals surface area (Å²) >= 11 is 1.61. The minimum absolute atomic E-state index is 0. The number of hydrogen-bond acceptors (Lipinski definition) is 12. The molecule has 0 saturated heterocycles. The third-order valence-corrected chi connectivity index (χ3v) is 22.9. The largest absolute Gasteiger partial charge is 2.00 e. The molecule has 14 aromatic carbocycles. The molecule has 0 aliphatic carbocycles. The Labute approximate surface area is 822 Å². The van der Waals surface area contributed by atoms with Crippen molar-refractivity contribution in [2.45, 2.75) is 4.90 Å². The number of ether oxygens (including phenoxy) is 1. The van der Waals surface area contributed by atoms with Crippen LogP contribution >= 0.6 is 9.42 Å². The van der Waals surface area contributed by atoms with Gasteiger partial charge in [0.1, 0.15) is 11.6 Å². The summed E-state index contributed by atoms with van der Waals surface area (Å²) in [4.78, 5) is 22.6. The zero-order valence-corrected chi connectivity index (χ0v) is 79.8. The maximum atomic E-state index is 10.4. The number of halogens is 1. The molecule has 0 unspecified atom stereocenters. The quantitative estimate of drug-likeness (QED) is 0.0701. The van der Waals surface area contributed by atoms with Crippen LogP contribution in [0.15, 0.2) is 430 Å². The fraction of sp³-hybridized carbons (Fsp3) is 0.00885. The standard InChI is InChI=1S/C34H23N4.C32H21N4O.C31H22N4.C10H5.C6H6O3S.ClH.3Pt/c1-2-8-25(9-3-1)26-15-17-27(18-16-26)30-23-36-37(24-30)31-12-6-13-32(22-31)38-33-14-5-4-10-28(33)19-20-29-11-7-21-35-34(29)38;1-2-8-23(9-3-1)24-15-17-25(18-16-24)26-21-34-35(22-26)27-10-6-11-28(20-27)36-29-12-4-5-13-30(29)37-31-14-7-19-33-32(31)36;1-33-21-34(28-12-6-5-11-27(28)33)24-15-17-26-25-16-14-23(22-9-3-2-4-10-22)19-29(25)35(30(26)20-24)31-13-7-8-18-32-31;1-2-3-7-10-8-5-4-6-9-10;7-10(8,9)6-4-2-1-3-5-6;;;;/h1-21,23-24H;1-19,21-22H;2-19,21H,1H3;4-6,8-9H;1-5H,(H,7,8,9);1H;;;/q2*-1;-2;-1;;;3*+2/p-1. The van der Waals surface area contributed by atoms with Gasteiger partial charge in [0.2, 0.25) is 0 Å². The van der Waals surface area contributed by atoms with Gasteiger partial charge in [-0.15, -0.1) is 59.6 Å². The van der Waals surface area contributed by atoms with Crippen molar-refractivity contribution < 1.29 is 78.6 Å². The monoisotopic (exact) mass is 2320 g/mol. The molecule has 0 atom stereocenters. The number of fused-ring (bicyclic) bond motifs is 8. The summed E-state index contributed by atoms with van der Waals surface area (Å²) in [6.45, 7) is 2.11. The van der Waals surface area contributed by atoms with E-state index in [4.69, 9.17) is 25.7 Å². The van der Waals surface area contributed by atoms with E-state index in [1.807, 2.05) is 180 Å². The number of rotatable bonds is 12. The van der Waals surface area contributed by atoms with Gasteiger partial charge in [-0.1, -0.05) is 266 Å². The normalized spacial score (nSPS) is 11.6. The van der Waals surface area contributed by atoms with Gasteiger partial charge in [-0.2, -0.15) is 49.4 Å². The molecule has 3 aliphatic heterocycles. The van der Waals surface area contributed by atoms with Gasteiger partial charge >= 0.3 is 70.3 Å². The Morgan fingerprint density at radius 2 is 0.851 bits per heavy atom. The summed E-state index contributed by atoms with van der Waals surface area (Å²) in [5, 5.41) is 11.7. The zero-order chi connectivity index (χ0) is 90.1. The van der Waals surface area contributed by atoms with Crippen molar-refractivity contribution in [2.75, 3.05) is 26.6 Å². The third kappa shape index (κ3) is 20.8. The first-order chi connectivity index (χ1) is 65.0. The maximum absolute atomic E-state index is 10.4. The van der Waals surface area contributed by atoms with E-state index in [0.29, 0.717) is 5.75 Å². The third-order valence-electron chi connectivity index (χ3n) is 22.1. The van der Waals surface area contributed by atoms with Crippen LogP contribution in [-0.4, -0.2) is 59.1 Å². The molecule has 6 aromatic heterocycles. The summed E-state index contributed by atoms with van der Waals surface area (Å²) in [7, 11) is 2.69. The topological polar surface area (TPSA) is 156 Å². The van der Waals surface area contributed by atoms with Crippen molar-refractivity contribution >= 4 is 105 Å². The molecule has 656 valence electrons. The van der Waals surface area contributed by atoms with Gasteiger partial charge in [-0.05, 0) is 171 Å². The van der Waals surface area contributed by atoms with E-state index < -0.39 is 10.1 Å². The second-order valence-electron chi connectivity index (χ2n) is 30.3. The van der Waals surface area contributed by atoms with Crippen LogP contribution in [0.1, 0.15) is 16.7 Å². The predicted molar refractivity (Wildman–Crippen MR) is 527 cm³/mol. The predicted octanol–water partition coefficient (Wildman–Crippen LogP) is 26.9. The van der Waals surface area contributed by atoms with E-state index in [0.717, 1.165) is 124 Å². The van der Waals surface area contributed by atoms with Gasteiger partial charge in [0.25, 0.3) is 10.1 Å². The van der Waals surface area contributed by atoms with Gasteiger partial charge < -0.3 is 35.3 Å². The fourth-order valence-corrected chi connectivity index (χ4v) is 16.3. The number of benzene rings is 14. The molecule has 20 aromatic rings. The second kappa shape index (κ2) is 43.3. The van der Waals surface area contributed by atoms with Crippen molar-refractivity contribution in [2.24, 2.45) is 0 Å². The first kappa shape index (κ1) is 92.2. The number of aromatic nitrogens is 8. The molecular formula is C113H77ClN12O4Pt3S. The number of pyridine rings is 3. The van der Waals surface area contributed by atoms with Crippen LogP contribution in [0.3, 0.4) is 0 Å². The van der Waals surface area contributed by atoms with Crippen molar-refractivity contribution in [1.29, 1.82) is 0 Å². The molecule has 0 saturated carbocycles. The molecule has 134 heavy (non-hydrogen) atoms. The number of hydrogen-bond donors (Lipinski definition) is 1. The fourth-order valence-electron chi connectivity index (χ4n) is 15.8. The minimum Gasteiger partial charge on any atom is -0.451 e. The minimum atomic E-state index is -4.00. The number of para-hydroxylation sites is 5. The average molecular weight is 2320 g/mol. The van der Waals surface area contributed by atoms with Crippen molar-refractivity contribution in [1.82, 2.24) is 39.1 Å². The first-order valence-corrected chi connectivity index (χ1v) is 46.3. The van der Waals surface area contributed by atoms with Crippen molar-refractivity contribution in [3.63, 3.8) is 0 Å². The SMILES string of the molecule is CN1[CH-]N(c2[c-]c3c(cc2)c2ccc(-c4ccccc4)cc2n3-c2ccccn2)c2ccccc21.O=S(=O)(O)c1ccccc1.[C-]#CC#Cc1ccccc1.[Cl][Pt+].[Pt+2].[Pt+2].[c-]1c(N2c3ccccc3C=Cc3cccnc32)cccc1-n1cc(-c2ccc(-c3ccccc3)cc2)cn1.[c-]1c(N2c3ccccc3Oc3cccnc32)cccc1-n1cc(-c2ccc(-c3ccccc3)cc2)cn1. The van der Waals surface area contributed by atoms with Crippen LogP contribution in [0.4, 0.5) is 51.4 Å². The molecule has 0 radical (unpaired) electrons. The van der Waals surface area contributed by atoms with Crippen LogP contribution in [0.2, 0.25) is 0 Å². The van der Waals surface area contributed by atoms with Crippen molar-refractivity contribution in [3.05, 3.63) is 474 Å². The Bertz CT molecular complexity index is 7620. The number of nitrogens with zero attached hydrogens (tertiary/aromatic N) is 12. The van der Waals surface area contributed by atoms with Crippen LogP contribution in [0.5, 0.6) is 11.5 Å². The van der Waals surface area contributed by atoms with Gasteiger partial charge in [0.05, 0.1) is 28.7 Å². The van der Waals surface area contributed by atoms with E-state index in [-0.39, 0.29) is 47.0 Å². The summed E-state index contributed by atoms with van der Waals surface area (Å²) in [6.07, 6.45) is 24.1. The molecule has 0 fully saturated rings. The summed E-state index contributed by atoms with van der Waals surface area (Å²) in [6, 6.07) is 138. The molecule has 0 amide bonds. The first-order valence-electron chi connectivity index (χ1n) is 42.0. The molecule has 21 heteroatoms. The second-order valence-corrected chi connectivity index (χ2v) is 31.7. The van der Waals surface area contributed by atoms with E-state index >= 15 is 0 Å². The van der Waals surface area contributed by atoms with Crippen LogP contribution < -0.4 is 24.3 Å². The molecule has 16 nitrogen and oxygen atoms in total. The van der Waals surface area contributed by atoms with Crippen LogP contribution in [0, 0.1) is 49.1 Å². The summed E-state index contributed by atoms with van der Waals surface area (Å²) < 4.78 is 41.3. The molecule has 23 rings (SSSR count). The molecule has 9 heterocycles. The van der Waals surface area contributed by atoms with Gasteiger partial charge in [-0.3, -0.25) is 19.8 Å². The Morgan fingerprint density at radius 3 is 1.43 bits per heavy atom. The molecule has 1 N–H and O–H groups in total. The maximum Gasteiger partial charge on any atom is 2.00 e. The molecule has 0 spiro atoms. The van der Waals surface area contributed by atoms with E-state index in [1.165, 1.54) is 56.6 Å². The van der Waals surface area contributed by atoms with Gasteiger partial charge in [-0.25, -0.2) is 20.9 Å². The zero-order valence-electron chi connectivity index (χ0n) is 71.4. The van der Waals surface area contributed by atoms with E-state index in [1.54, 1.807) is 43.2 Å². The van der Waals surface area contributed by atoms with Crippen LogP contribution in [0.25, 0.3) is 107 Å². The molecular weight excluding hydrogens is 2240 g/mol. The van der Waals surface area contributed by atoms with E-state index in [9.17, 15) is 8.42 Å². The van der Waals surface area contributed by atoms with Gasteiger partial charge in [0.15, 0.2) is 17.3 Å². The average Bonchev–Trinajstić information content (AvgIpc) is 1.51. The van der Waals surface area contributed by atoms with E-state index in [2.05, 4.69) is 329 Å². The summed E-state index contributed by atoms with van der Waals surface area (Å²) in [5.74, 6) is 11.2. The van der Waals surface area contributed by atoms with Crippen LogP contribution in [-0.2, 0) is 71.0 Å². The van der Waals surface area contributed by atoms with Crippen molar-refractivity contribution in [3.8, 4) is 102 Å².